The van der Waals surface area contributed by atoms with E-state index < -0.39 is 0 Å². The normalized spacial score (nSPS) is 10.2. The van der Waals surface area contributed by atoms with Gasteiger partial charge in [0.1, 0.15) is 5.75 Å². The van der Waals surface area contributed by atoms with E-state index in [-0.39, 0.29) is 24.2 Å². The molecular formula is C25H24N2O4. The fourth-order valence-corrected chi connectivity index (χ4v) is 2.92. The second-order valence-corrected chi connectivity index (χ2v) is 6.90. The molecule has 0 saturated heterocycles. The average Bonchev–Trinajstić information content (AvgIpc) is 2.79. The Labute approximate surface area is 181 Å². The maximum absolute atomic E-state index is 12.6. The standard InChI is InChI=1S/C25H24N2O4/c1-2-8-24(29)26-20-15-13-18(14-16-20)22(28)17-31-23-12-7-6-11-21(23)25(30)27-19-9-4-3-5-10-19/h3-7,9-16H,2,8,17H2,1H3,(H,26,29)(H,27,30). The Kier molecular flexibility index (Phi) is 7.54. The Hall–Kier alpha value is -3.93. The Bertz CT molecular complexity index is 1050. The van der Waals surface area contributed by atoms with Gasteiger partial charge in [-0.25, -0.2) is 0 Å². The minimum Gasteiger partial charge on any atom is -0.485 e. The van der Waals surface area contributed by atoms with Crippen molar-refractivity contribution in [3.05, 3.63) is 90.0 Å². The number of Topliss-reactive ketones (excluding diaryl/α,β-unsaturated/α-hetero) is 1. The van der Waals surface area contributed by atoms with Gasteiger partial charge in [0.25, 0.3) is 5.91 Å². The molecule has 0 radical (unpaired) electrons. The van der Waals surface area contributed by atoms with E-state index in [1.165, 1.54) is 0 Å². The van der Waals surface area contributed by atoms with Gasteiger partial charge in [-0.3, -0.25) is 14.4 Å². The van der Waals surface area contributed by atoms with Crippen molar-refractivity contribution in [3.8, 4) is 5.75 Å². The molecule has 2 N–H and O–H groups in total. The van der Waals surface area contributed by atoms with Crippen LogP contribution in [0.25, 0.3) is 0 Å². The van der Waals surface area contributed by atoms with Gasteiger partial charge in [0, 0.05) is 23.4 Å². The van der Waals surface area contributed by atoms with Crippen molar-refractivity contribution >= 4 is 29.0 Å². The third-order valence-corrected chi connectivity index (χ3v) is 4.49. The van der Waals surface area contributed by atoms with E-state index in [1.54, 1.807) is 60.7 Å². The van der Waals surface area contributed by atoms with Crippen LogP contribution in [0.3, 0.4) is 0 Å². The highest BCUT2D eigenvalue weighted by Gasteiger charge is 2.14. The number of amides is 2. The number of para-hydroxylation sites is 2. The molecule has 0 bridgehead atoms. The first kappa shape index (κ1) is 21.8. The van der Waals surface area contributed by atoms with E-state index in [4.69, 9.17) is 4.74 Å². The van der Waals surface area contributed by atoms with E-state index >= 15 is 0 Å². The van der Waals surface area contributed by atoms with Crippen LogP contribution >= 0.6 is 0 Å². The lowest BCUT2D eigenvalue weighted by Gasteiger charge is -2.12. The number of ether oxygens (including phenoxy) is 1. The van der Waals surface area contributed by atoms with E-state index in [9.17, 15) is 14.4 Å². The first-order valence-electron chi connectivity index (χ1n) is 10.1. The molecule has 158 valence electrons. The lowest BCUT2D eigenvalue weighted by atomic mass is 10.1. The van der Waals surface area contributed by atoms with Crippen LogP contribution in [-0.2, 0) is 4.79 Å². The molecule has 0 heterocycles. The van der Waals surface area contributed by atoms with Crippen LogP contribution in [0.2, 0.25) is 0 Å². The molecule has 0 aliphatic carbocycles. The molecule has 0 spiro atoms. The summed E-state index contributed by atoms with van der Waals surface area (Å²) in [5.41, 5.74) is 2.11. The number of carbonyl (C=O) groups excluding carboxylic acids is 3. The molecule has 6 heteroatoms. The molecule has 6 nitrogen and oxygen atoms in total. The van der Waals surface area contributed by atoms with Crippen LogP contribution in [-0.4, -0.2) is 24.2 Å². The summed E-state index contributed by atoms with van der Waals surface area (Å²) in [7, 11) is 0. The minimum absolute atomic E-state index is 0.0599. The van der Waals surface area contributed by atoms with Crippen LogP contribution in [0, 0.1) is 0 Å². The fourth-order valence-electron chi connectivity index (χ4n) is 2.92. The highest BCUT2D eigenvalue weighted by molar-refractivity contribution is 6.06. The molecule has 3 aromatic carbocycles. The maximum atomic E-state index is 12.6. The summed E-state index contributed by atoms with van der Waals surface area (Å²) in [6.07, 6.45) is 1.22. The number of carbonyl (C=O) groups is 3. The van der Waals surface area contributed by atoms with E-state index in [0.29, 0.717) is 34.7 Å². The molecular weight excluding hydrogens is 392 g/mol. The Morgan fingerprint density at radius 1 is 0.774 bits per heavy atom. The molecule has 31 heavy (non-hydrogen) atoms. The van der Waals surface area contributed by atoms with Crippen LogP contribution in [0.5, 0.6) is 5.75 Å². The maximum Gasteiger partial charge on any atom is 0.259 e. The third-order valence-electron chi connectivity index (χ3n) is 4.49. The summed E-state index contributed by atoms with van der Waals surface area (Å²) < 4.78 is 5.66. The van der Waals surface area contributed by atoms with Crippen LogP contribution in [0.15, 0.2) is 78.9 Å². The molecule has 0 unspecified atom stereocenters. The summed E-state index contributed by atoms with van der Waals surface area (Å²) in [5.74, 6) is -0.283. The van der Waals surface area contributed by atoms with Gasteiger partial charge in [-0.05, 0) is 55.0 Å². The smallest absolute Gasteiger partial charge is 0.259 e. The van der Waals surface area contributed by atoms with Crippen molar-refractivity contribution in [1.29, 1.82) is 0 Å². The Morgan fingerprint density at radius 3 is 2.13 bits per heavy atom. The number of nitrogens with one attached hydrogen (secondary N) is 2. The van der Waals surface area contributed by atoms with Gasteiger partial charge in [-0.1, -0.05) is 37.3 Å². The quantitative estimate of drug-likeness (QED) is 0.484. The summed E-state index contributed by atoms with van der Waals surface area (Å²) in [6.45, 7) is 1.72. The lowest BCUT2D eigenvalue weighted by Crippen LogP contribution is -2.16. The van der Waals surface area contributed by atoms with Crippen LogP contribution in [0.4, 0.5) is 11.4 Å². The number of benzene rings is 3. The number of hydrogen-bond donors (Lipinski definition) is 2. The SMILES string of the molecule is CCCC(=O)Nc1ccc(C(=O)COc2ccccc2C(=O)Nc2ccccc2)cc1. The van der Waals surface area contributed by atoms with E-state index in [2.05, 4.69) is 10.6 Å². The molecule has 0 saturated carbocycles. The van der Waals surface area contributed by atoms with Gasteiger partial charge in [0.2, 0.25) is 5.91 Å². The Morgan fingerprint density at radius 2 is 1.42 bits per heavy atom. The largest absolute Gasteiger partial charge is 0.485 e. The zero-order valence-electron chi connectivity index (χ0n) is 17.3. The third kappa shape index (κ3) is 6.27. The monoisotopic (exact) mass is 416 g/mol. The predicted octanol–water partition coefficient (Wildman–Crippen LogP) is 4.94. The first-order chi connectivity index (χ1) is 15.1. The first-order valence-corrected chi connectivity index (χ1v) is 10.1. The molecule has 0 atom stereocenters. The summed E-state index contributed by atoms with van der Waals surface area (Å²) in [4.78, 5) is 36.8. The van der Waals surface area contributed by atoms with Gasteiger partial charge in [-0.15, -0.1) is 0 Å². The minimum atomic E-state index is -0.318. The van der Waals surface area contributed by atoms with Gasteiger partial charge in [0.05, 0.1) is 5.56 Å². The fraction of sp³-hybridized carbons (Fsp3) is 0.160. The zero-order valence-corrected chi connectivity index (χ0v) is 17.3. The number of anilines is 2. The van der Waals surface area contributed by atoms with E-state index in [1.807, 2.05) is 25.1 Å². The molecule has 2 amide bonds. The Balaban J connectivity index is 1.61. The summed E-state index contributed by atoms with van der Waals surface area (Å²) in [5, 5.41) is 5.59. The van der Waals surface area contributed by atoms with Gasteiger partial charge in [-0.2, -0.15) is 0 Å². The lowest BCUT2D eigenvalue weighted by molar-refractivity contribution is -0.116. The van der Waals surface area contributed by atoms with Gasteiger partial charge in [0.15, 0.2) is 12.4 Å². The van der Waals surface area contributed by atoms with Crippen molar-refractivity contribution in [2.45, 2.75) is 19.8 Å². The summed E-state index contributed by atoms with van der Waals surface area (Å²) in [6, 6.07) is 22.5. The zero-order chi connectivity index (χ0) is 22.1. The average molecular weight is 416 g/mol. The number of rotatable bonds is 9. The topological polar surface area (TPSA) is 84.5 Å². The van der Waals surface area contributed by atoms with Crippen molar-refractivity contribution in [2.24, 2.45) is 0 Å². The molecule has 3 aromatic rings. The number of ketones is 1. The highest BCUT2D eigenvalue weighted by atomic mass is 16.5. The predicted molar refractivity (Wildman–Crippen MR) is 121 cm³/mol. The van der Waals surface area contributed by atoms with Crippen LogP contribution < -0.4 is 15.4 Å². The molecule has 3 rings (SSSR count). The summed E-state index contributed by atoms with van der Waals surface area (Å²) >= 11 is 0. The van der Waals surface area contributed by atoms with Crippen LogP contribution in [0.1, 0.15) is 40.5 Å². The molecule has 0 fully saturated rings. The second kappa shape index (κ2) is 10.7. The van der Waals surface area contributed by atoms with Crippen molar-refractivity contribution in [3.63, 3.8) is 0 Å². The molecule has 0 aliphatic rings. The molecule has 0 aromatic heterocycles. The van der Waals surface area contributed by atoms with Crippen molar-refractivity contribution < 1.29 is 19.1 Å². The van der Waals surface area contributed by atoms with Gasteiger partial charge < -0.3 is 15.4 Å². The second-order valence-electron chi connectivity index (χ2n) is 6.90. The van der Waals surface area contributed by atoms with Gasteiger partial charge >= 0.3 is 0 Å². The van der Waals surface area contributed by atoms with Crippen molar-refractivity contribution in [2.75, 3.05) is 17.2 Å². The molecule has 0 aliphatic heterocycles. The highest BCUT2D eigenvalue weighted by Crippen LogP contribution is 2.20. The number of hydrogen-bond acceptors (Lipinski definition) is 4. The van der Waals surface area contributed by atoms with E-state index in [0.717, 1.165) is 6.42 Å². The van der Waals surface area contributed by atoms with Crippen molar-refractivity contribution in [1.82, 2.24) is 0 Å².